The van der Waals surface area contributed by atoms with Crippen molar-refractivity contribution < 1.29 is 9.59 Å². The van der Waals surface area contributed by atoms with Gasteiger partial charge in [0.2, 0.25) is 11.8 Å². The summed E-state index contributed by atoms with van der Waals surface area (Å²) in [6.07, 6.45) is 1.63. The Bertz CT molecular complexity index is 182. The first-order valence-corrected chi connectivity index (χ1v) is 4.39. The van der Waals surface area contributed by atoms with Gasteiger partial charge in [-0.3, -0.25) is 9.59 Å². The molecule has 5 nitrogen and oxygen atoms in total. The second-order valence-electron chi connectivity index (χ2n) is 2.89. The summed E-state index contributed by atoms with van der Waals surface area (Å²) in [7, 11) is 0. The summed E-state index contributed by atoms with van der Waals surface area (Å²) in [5.74, 6) is -0.685. The molecule has 0 aromatic rings. The van der Waals surface area contributed by atoms with Crippen LogP contribution in [0, 0.1) is 0 Å². The second kappa shape index (κ2) is 6.42. The van der Waals surface area contributed by atoms with Crippen LogP contribution >= 0.6 is 0 Å². The Hall–Kier alpha value is -1.10. The molecule has 0 spiro atoms. The van der Waals surface area contributed by atoms with E-state index in [9.17, 15) is 9.59 Å². The van der Waals surface area contributed by atoms with E-state index in [0.717, 1.165) is 0 Å². The highest BCUT2D eigenvalue weighted by molar-refractivity contribution is 5.79. The van der Waals surface area contributed by atoms with Crippen molar-refractivity contribution in [2.24, 2.45) is 11.5 Å². The minimum absolute atomic E-state index is 0.298. The Balaban J connectivity index is 3.50. The van der Waals surface area contributed by atoms with Crippen molar-refractivity contribution in [2.75, 3.05) is 6.54 Å². The van der Waals surface area contributed by atoms with Crippen LogP contribution in [0.3, 0.4) is 0 Å². The van der Waals surface area contributed by atoms with Gasteiger partial charge in [0, 0.05) is 6.42 Å². The molecule has 0 rings (SSSR count). The van der Waals surface area contributed by atoms with Gasteiger partial charge in [0.1, 0.15) is 0 Å². The first-order chi connectivity index (χ1) is 6.07. The summed E-state index contributed by atoms with van der Waals surface area (Å²) < 4.78 is 0. The Kier molecular flexibility index (Phi) is 5.88. The van der Waals surface area contributed by atoms with E-state index in [1.807, 2.05) is 6.92 Å². The molecule has 1 atom stereocenters. The summed E-state index contributed by atoms with van der Waals surface area (Å²) in [4.78, 5) is 21.1. The van der Waals surface area contributed by atoms with Gasteiger partial charge in [-0.15, -0.1) is 0 Å². The lowest BCUT2D eigenvalue weighted by molar-refractivity contribution is -0.120. The van der Waals surface area contributed by atoms with Crippen molar-refractivity contribution in [3.05, 3.63) is 0 Å². The van der Waals surface area contributed by atoms with Crippen molar-refractivity contribution in [3.63, 3.8) is 0 Å². The lowest BCUT2D eigenvalue weighted by atomic mass is 10.2. The Morgan fingerprint density at radius 2 is 2.00 bits per heavy atom. The van der Waals surface area contributed by atoms with E-state index in [0.29, 0.717) is 25.8 Å². The third-order valence-electron chi connectivity index (χ3n) is 1.74. The van der Waals surface area contributed by atoms with Crippen molar-refractivity contribution in [3.8, 4) is 0 Å². The molecule has 0 bridgehead atoms. The van der Waals surface area contributed by atoms with E-state index in [1.165, 1.54) is 0 Å². The Labute approximate surface area is 77.8 Å². The number of rotatable bonds is 7. The van der Waals surface area contributed by atoms with E-state index >= 15 is 0 Å². The van der Waals surface area contributed by atoms with Crippen molar-refractivity contribution in [1.29, 1.82) is 0 Å². The van der Waals surface area contributed by atoms with Crippen molar-refractivity contribution in [1.82, 2.24) is 5.32 Å². The molecular formula is C8H17N3O2. The predicted octanol–water partition coefficient (Wildman–Crippen LogP) is -0.895. The van der Waals surface area contributed by atoms with Crippen LogP contribution in [0.25, 0.3) is 0 Å². The molecule has 0 heterocycles. The van der Waals surface area contributed by atoms with Gasteiger partial charge in [0.15, 0.2) is 0 Å². The quantitative estimate of drug-likeness (QED) is 0.451. The molecule has 2 amide bonds. The van der Waals surface area contributed by atoms with Crippen molar-refractivity contribution in [2.45, 2.75) is 32.2 Å². The molecule has 0 fully saturated rings. The molecule has 0 aliphatic rings. The van der Waals surface area contributed by atoms with E-state index in [2.05, 4.69) is 5.32 Å². The van der Waals surface area contributed by atoms with Crippen LogP contribution in [0.1, 0.15) is 26.2 Å². The van der Waals surface area contributed by atoms with Gasteiger partial charge in [-0.1, -0.05) is 6.92 Å². The fourth-order valence-corrected chi connectivity index (χ4v) is 0.985. The zero-order valence-corrected chi connectivity index (χ0v) is 7.88. The third-order valence-corrected chi connectivity index (χ3v) is 1.74. The molecule has 0 aliphatic carbocycles. The van der Waals surface area contributed by atoms with Crippen molar-refractivity contribution >= 4 is 11.8 Å². The summed E-state index contributed by atoms with van der Waals surface area (Å²) in [5, 5.41) is 2.94. The molecule has 0 aromatic carbocycles. The first kappa shape index (κ1) is 11.9. The monoisotopic (exact) mass is 187 g/mol. The van der Waals surface area contributed by atoms with E-state index < -0.39 is 0 Å². The molecule has 5 heteroatoms. The highest BCUT2D eigenvalue weighted by Crippen LogP contribution is 1.91. The van der Waals surface area contributed by atoms with Gasteiger partial charge in [0.25, 0.3) is 0 Å². The number of carbonyl (C=O) groups is 2. The SMILES string of the molecule is CC[C@H](NCCCC(N)=O)C(N)=O. The van der Waals surface area contributed by atoms with E-state index in [4.69, 9.17) is 11.5 Å². The molecule has 0 unspecified atom stereocenters. The molecule has 0 aromatic heterocycles. The van der Waals surface area contributed by atoms with Crippen LogP contribution in [0.15, 0.2) is 0 Å². The normalized spacial score (nSPS) is 12.4. The average molecular weight is 187 g/mol. The molecule has 0 saturated carbocycles. The maximum atomic E-state index is 10.7. The van der Waals surface area contributed by atoms with Crippen LogP contribution in [0.2, 0.25) is 0 Å². The van der Waals surface area contributed by atoms with Gasteiger partial charge in [-0.2, -0.15) is 0 Å². The summed E-state index contributed by atoms with van der Waals surface area (Å²) in [6, 6.07) is -0.298. The molecular weight excluding hydrogens is 170 g/mol. The predicted molar refractivity (Wildman–Crippen MR) is 49.7 cm³/mol. The first-order valence-electron chi connectivity index (χ1n) is 4.39. The number of primary amides is 2. The highest BCUT2D eigenvalue weighted by atomic mass is 16.1. The maximum Gasteiger partial charge on any atom is 0.234 e. The Morgan fingerprint density at radius 3 is 2.38 bits per heavy atom. The number of nitrogens with one attached hydrogen (secondary N) is 1. The topological polar surface area (TPSA) is 98.2 Å². The second-order valence-corrected chi connectivity index (χ2v) is 2.89. The number of nitrogens with two attached hydrogens (primary N) is 2. The zero-order chi connectivity index (χ0) is 10.3. The van der Waals surface area contributed by atoms with Gasteiger partial charge >= 0.3 is 0 Å². The largest absolute Gasteiger partial charge is 0.370 e. The molecule has 5 N–H and O–H groups in total. The number of hydrogen-bond acceptors (Lipinski definition) is 3. The third kappa shape index (κ3) is 6.10. The number of amides is 2. The summed E-state index contributed by atoms with van der Waals surface area (Å²) in [6.45, 7) is 2.46. The van der Waals surface area contributed by atoms with Gasteiger partial charge in [-0.25, -0.2) is 0 Å². The lowest BCUT2D eigenvalue weighted by Gasteiger charge is -2.11. The molecule has 0 saturated heterocycles. The van der Waals surface area contributed by atoms with Crippen LogP contribution in [0.5, 0.6) is 0 Å². The summed E-state index contributed by atoms with van der Waals surface area (Å²) in [5.41, 5.74) is 10.0. The number of carbonyl (C=O) groups excluding carboxylic acids is 2. The molecule has 0 radical (unpaired) electrons. The van der Waals surface area contributed by atoms with E-state index in [1.54, 1.807) is 0 Å². The van der Waals surface area contributed by atoms with Crippen LogP contribution in [0.4, 0.5) is 0 Å². The standard InChI is InChI=1S/C8H17N3O2/c1-2-6(8(10)13)11-5-3-4-7(9)12/h6,11H,2-5H2,1H3,(H2,9,12)(H2,10,13)/t6-/m0/s1. The van der Waals surface area contributed by atoms with Crippen LogP contribution in [-0.2, 0) is 9.59 Å². The van der Waals surface area contributed by atoms with Gasteiger partial charge in [-0.05, 0) is 19.4 Å². The van der Waals surface area contributed by atoms with Crippen LogP contribution in [-0.4, -0.2) is 24.4 Å². The highest BCUT2D eigenvalue weighted by Gasteiger charge is 2.10. The van der Waals surface area contributed by atoms with E-state index in [-0.39, 0.29) is 17.9 Å². The molecule has 13 heavy (non-hydrogen) atoms. The van der Waals surface area contributed by atoms with Gasteiger partial charge in [0.05, 0.1) is 6.04 Å². The lowest BCUT2D eigenvalue weighted by Crippen LogP contribution is -2.41. The van der Waals surface area contributed by atoms with Gasteiger partial charge < -0.3 is 16.8 Å². The fraction of sp³-hybridized carbons (Fsp3) is 0.750. The molecule has 0 aliphatic heterocycles. The summed E-state index contributed by atoms with van der Waals surface area (Å²) >= 11 is 0. The average Bonchev–Trinajstić information content (AvgIpc) is 2.03. The zero-order valence-electron chi connectivity index (χ0n) is 7.88. The maximum absolute atomic E-state index is 10.7. The van der Waals surface area contributed by atoms with Crippen LogP contribution < -0.4 is 16.8 Å². The fourth-order valence-electron chi connectivity index (χ4n) is 0.985. The number of hydrogen-bond donors (Lipinski definition) is 3. The smallest absolute Gasteiger partial charge is 0.234 e. The molecule has 76 valence electrons. The Morgan fingerprint density at radius 1 is 1.38 bits per heavy atom. The minimum atomic E-state index is -0.360. The minimum Gasteiger partial charge on any atom is -0.370 e.